The van der Waals surface area contributed by atoms with Crippen LogP contribution < -0.4 is 11.1 Å². The highest BCUT2D eigenvalue weighted by atomic mass is 19.1. The second-order valence-electron chi connectivity index (χ2n) is 11.2. The summed E-state index contributed by atoms with van der Waals surface area (Å²) in [4.78, 5) is 8.83. The van der Waals surface area contributed by atoms with Crippen molar-refractivity contribution in [2.45, 2.75) is 69.4 Å². The third kappa shape index (κ3) is 4.78. The number of nitrogens with two attached hydrogens (primary N) is 1. The van der Waals surface area contributed by atoms with E-state index in [9.17, 15) is 0 Å². The maximum Gasteiger partial charge on any atom is 0.229 e. The van der Waals surface area contributed by atoms with E-state index in [1.54, 1.807) is 42.3 Å². The van der Waals surface area contributed by atoms with Crippen molar-refractivity contribution in [3.05, 3.63) is 71.7 Å². The molecule has 39 heavy (non-hydrogen) atoms. The van der Waals surface area contributed by atoms with Crippen LogP contribution >= 0.6 is 0 Å². The first-order chi connectivity index (χ1) is 18.9. The molecule has 2 aliphatic rings. The molecule has 0 amide bonds. The van der Waals surface area contributed by atoms with Gasteiger partial charge < -0.3 is 15.8 Å². The molecular formula is C30H34F2N6O. The van der Waals surface area contributed by atoms with Gasteiger partial charge in [-0.1, -0.05) is 19.8 Å². The van der Waals surface area contributed by atoms with Gasteiger partial charge in [0.1, 0.15) is 11.6 Å². The zero-order chi connectivity index (χ0) is 27.1. The quantitative estimate of drug-likeness (QED) is 0.296. The molecule has 0 saturated heterocycles. The number of rotatable bonds is 6. The number of benzene rings is 1. The van der Waals surface area contributed by atoms with Crippen molar-refractivity contribution in [3.63, 3.8) is 0 Å². The highest BCUT2D eigenvalue weighted by Gasteiger charge is 2.37. The van der Waals surface area contributed by atoms with E-state index in [1.807, 2.05) is 6.07 Å². The molecule has 1 aromatic carbocycles. The topological polar surface area (TPSA) is 90.4 Å². The zero-order valence-electron chi connectivity index (χ0n) is 22.3. The Labute approximate surface area is 226 Å². The normalized spacial score (nSPS) is 22.8. The van der Waals surface area contributed by atoms with Crippen molar-refractivity contribution < 1.29 is 13.5 Å². The summed E-state index contributed by atoms with van der Waals surface area (Å²) >= 11 is 0. The Hall–Kier alpha value is -3.43. The lowest BCUT2D eigenvalue weighted by Crippen LogP contribution is -2.31. The molecule has 2 fully saturated rings. The van der Waals surface area contributed by atoms with E-state index in [0.29, 0.717) is 28.9 Å². The highest BCUT2D eigenvalue weighted by Crippen LogP contribution is 2.43. The fraction of sp³-hybridized carbons (Fsp3) is 0.433. The predicted octanol–water partition coefficient (Wildman–Crippen LogP) is 6.46. The van der Waals surface area contributed by atoms with E-state index in [0.717, 1.165) is 56.2 Å². The molecule has 0 bridgehead atoms. The second-order valence-corrected chi connectivity index (χ2v) is 11.2. The summed E-state index contributed by atoms with van der Waals surface area (Å²) < 4.78 is 38.2. The van der Waals surface area contributed by atoms with Gasteiger partial charge in [-0.3, -0.25) is 4.98 Å². The molecule has 3 heterocycles. The van der Waals surface area contributed by atoms with Gasteiger partial charge in [0.25, 0.3) is 0 Å². The Balaban J connectivity index is 1.34. The summed E-state index contributed by atoms with van der Waals surface area (Å²) in [5.74, 6) is -0.0315. The Bertz CT molecular complexity index is 1470. The van der Waals surface area contributed by atoms with Crippen molar-refractivity contribution in [2.24, 2.45) is 11.7 Å². The predicted molar refractivity (Wildman–Crippen MR) is 147 cm³/mol. The van der Waals surface area contributed by atoms with Crippen molar-refractivity contribution in [1.29, 1.82) is 0 Å². The fourth-order valence-electron chi connectivity index (χ4n) is 6.64. The Morgan fingerprint density at radius 3 is 2.54 bits per heavy atom. The van der Waals surface area contributed by atoms with Crippen molar-refractivity contribution in [2.75, 3.05) is 12.4 Å². The Kier molecular flexibility index (Phi) is 6.81. The number of nitrogens with zero attached hydrogens (tertiary/aromatic N) is 4. The van der Waals surface area contributed by atoms with Crippen molar-refractivity contribution in [1.82, 2.24) is 19.6 Å². The van der Waals surface area contributed by atoms with Gasteiger partial charge in [-0.05, 0) is 85.4 Å². The molecule has 0 radical (unpaired) electrons. The minimum atomic E-state index is -0.660. The van der Waals surface area contributed by atoms with Crippen LogP contribution in [0.1, 0.15) is 68.9 Å². The maximum atomic E-state index is 15.5. The van der Waals surface area contributed by atoms with E-state index in [-0.39, 0.29) is 17.3 Å². The summed E-state index contributed by atoms with van der Waals surface area (Å²) in [6, 6.07) is 8.35. The molecule has 2 saturated carbocycles. The first kappa shape index (κ1) is 25.8. The molecule has 4 aromatic rings. The van der Waals surface area contributed by atoms with Gasteiger partial charge in [0.2, 0.25) is 5.95 Å². The van der Waals surface area contributed by atoms with E-state index in [2.05, 4.69) is 27.3 Å². The summed E-state index contributed by atoms with van der Waals surface area (Å²) in [5.41, 5.74) is 8.90. The van der Waals surface area contributed by atoms with Crippen LogP contribution in [-0.2, 0) is 10.3 Å². The van der Waals surface area contributed by atoms with Gasteiger partial charge in [0.05, 0.1) is 40.5 Å². The van der Waals surface area contributed by atoms with Crippen LogP contribution in [-0.4, -0.2) is 32.7 Å². The molecule has 3 N–H and O–H groups in total. The van der Waals surface area contributed by atoms with Gasteiger partial charge in [-0.2, -0.15) is 9.61 Å². The lowest BCUT2D eigenvalue weighted by Gasteiger charge is -2.32. The number of aromatic nitrogens is 4. The minimum absolute atomic E-state index is 0.167. The van der Waals surface area contributed by atoms with Crippen LogP contribution in [0, 0.1) is 17.6 Å². The molecule has 0 spiro atoms. The summed E-state index contributed by atoms with van der Waals surface area (Å²) in [7, 11) is 1.61. The molecule has 3 aromatic heterocycles. The average molecular weight is 533 g/mol. The molecule has 7 nitrogen and oxygen atoms in total. The van der Waals surface area contributed by atoms with Crippen LogP contribution in [0.5, 0.6) is 0 Å². The van der Waals surface area contributed by atoms with E-state index >= 15 is 8.78 Å². The van der Waals surface area contributed by atoms with E-state index < -0.39 is 17.2 Å². The molecule has 0 aliphatic heterocycles. The third-order valence-corrected chi connectivity index (χ3v) is 8.53. The van der Waals surface area contributed by atoms with Crippen LogP contribution in [0.15, 0.2) is 48.9 Å². The molecule has 0 unspecified atom stereocenters. The van der Waals surface area contributed by atoms with Gasteiger partial charge in [0.15, 0.2) is 0 Å². The number of anilines is 2. The molecule has 2 aliphatic carbocycles. The number of methoxy groups -OCH3 is 1. The summed E-state index contributed by atoms with van der Waals surface area (Å²) in [6.45, 7) is 2.24. The number of nitrogens with one attached hydrogen (secondary N) is 1. The first-order valence-corrected chi connectivity index (χ1v) is 13.7. The van der Waals surface area contributed by atoms with Crippen molar-refractivity contribution in [3.8, 4) is 11.3 Å². The van der Waals surface area contributed by atoms with Crippen LogP contribution in [0.3, 0.4) is 0 Å². The second kappa shape index (κ2) is 10.3. The standard InChI is InChI=1S/C30H34F2N6O/c1-18-11-19(13-21(33)12-18)23-7-10-34-17-27(23)36-29-35-16-22-5-6-26(37-38(22)29)28-24(31)14-20(15-25(28)32)30(39-2)8-3-4-9-30/h5-7,10,14-19,21H,3-4,8-9,11-13,33H2,1-2H3,(H,35,36)/t18-,19+,21-/m0/s1. The van der Waals surface area contributed by atoms with Gasteiger partial charge >= 0.3 is 0 Å². The smallest absolute Gasteiger partial charge is 0.229 e. The molecule has 6 rings (SSSR count). The number of ether oxygens (including phenoxy) is 1. The highest BCUT2D eigenvalue weighted by molar-refractivity contribution is 5.66. The minimum Gasteiger partial charge on any atom is -0.374 e. The van der Waals surface area contributed by atoms with E-state index in [1.165, 1.54) is 12.1 Å². The number of fused-ring (bicyclic) bond motifs is 1. The lowest BCUT2D eigenvalue weighted by atomic mass is 9.76. The lowest BCUT2D eigenvalue weighted by molar-refractivity contribution is -0.00914. The van der Waals surface area contributed by atoms with Gasteiger partial charge in [0, 0.05) is 19.3 Å². The molecular weight excluding hydrogens is 498 g/mol. The van der Waals surface area contributed by atoms with E-state index in [4.69, 9.17) is 10.5 Å². The largest absolute Gasteiger partial charge is 0.374 e. The number of imidazole rings is 1. The molecule has 9 heteroatoms. The molecule has 3 atom stereocenters. The molecule has 204 valence electrons. The van der Waals surface area contributed by atoms with Crippen LogP contribution in [0.25, 0.3) is 16.8 Å². The first-order valence-electron chi connectivity index (χ1n) is 13.7. The number of hydrogen-bond donors (Lipinski definition) is 2. The maximum absolute atomic E-state index is 15.5. The Morgan fingerprint density at radius 1 is 1.05 bits per heavy atom. The number of pyridine rings is 1. The van der Waals surface area contributed by atoms with Gasteiger partial charge in [-0.15, -0.1) is 0 Å². The van der Waals surface area contributed by atoms with Crippen LogP contribution in [0.2, 0.25) is 0 Å². The fourth-order valence-corrected chi connectivity index (χ4v) is 6.64. The van der Waals surface area contributed by atoms with Crippen molar-refractivity contribution >= 4 is 17.2 Å². The SMILES string of the molecule is COC1(c2cc(F)c(-c3ccc4cnc(Nc5cnccc5[C@@H]5C[C@H](C)C[C@H](N)C5)n4n3)c(F)c2)CCCC1. The number of halogens is 2. The summed E-state index contributed by atoms with van der Waals surface area (Å²) in [5, 5.41) is 7.97. The zero-order valence-corrected chi connectivity index (χ0v) is 22.3. The number of hydrogen-bond acceptors (Lipinski definition) is 6. The third-order valence-electron chi connectivity index (χ3n) is 8.53. The summed E-state index contributed by atoms with van der Waals surface area (Å²) in [6.07, 6.45) is 11.7. The van der Waals surface area contributed by atoms with Gasteiger partial charge in [-0.25, -0.2) is 13.8 Å². The Morgan fingerprint density at radius 2 is 1.82 bits per heavy atom. The monoisotopic (exact) mass is 532 g/mol. The average Bonchev–Trinajstić information content (AvgIpc) is 3.56. The van der Waals surface area contributed by atoms with Crippen LogP contribution in [0.4, 0.5) is 20.4 Å².